The van der Waals surface area contributed by atoms with E-state index in [0.717, 1.165) is 0 Å². The van der Waals surface area contributed by atoms with Gasteiger partial charge in [0.15, 0.2) is 11.9 Å². The summed E-state index contributed by atoms with van der Waals surface area (Å²) in [6.07, 6.45) is 1.32. The fourth-order valence-electron chi connectivity index (χ4n) is 2.21. The third-order valence-electron chi connectivity index (χ3n) is 3.14. The van der Waals surface area contributed by atoms with Gasteiger partial charge >= 0.3 is 0 Å². The van der Waals surface area contributed by atoms with Crippen molar-refractivity contribution in [2.24, 2.45) is 0 Å². The van der Waals surface area contributed by atoms with Crippen molar-refractivity contribution in [2.75, 3.05) is 5.32 Å². The first-order valence-electron chi connectivity index (χ1n) is 6.28. The molecule has 1 heterocycles. The minimum absolute atomic E-state index is 0.137. The van der Waals surface area contributed by atoms with E-state index in [1.165, 1.54) is 12.3 Å². The van der Waals surface area contributed by atoms with E-state index in [1.54, 1.807) is 30.3 Å². The third kappa shape index (κ3) is 2.34. The highest BCUT2D eigenvalue weighted by Crippen LogP contribution is 2.33. The number of nitro benzene ring substituents is 1. The average molecular weight is 281 g/mol. The van der Waals surface area contributed by atoms with E-state index in [1.807, 2.05) is 18.2 Å². The van der Waals surface area contributed by atoms with E-state index < -0.39 is 4.92 Å². The second-order valence-corrected chi connectivity index (χ2v) is 4.48. The number of pyridine rings is 1. The third-order valence-corrected chi connectivity index (χ3v) is 3.14. The van der Waals surface area contributed by atoms with Crippen molar-refractivity contribution in [3.8, 4) is 0 Å². The number of hydrogen-bond acceptors (Lipinski definition) is 4. The molecule has 0 radical (unpaired) electrons. The fraction of sp³-hybridized carbons (Fsp3) is 0. The number of aromatic nitrogens is 1. The molecule has 0 saturated heterocycles. The first kappa shape index (κ1) is 12.9. The van der Waals surface area contributed by atoms with Crippen LogP contribution >= 0.6 is 0 Å². The van der Waals surface area contributed by atoms with Crippen LogP contribution in [0.25, 0.3) is 10.9 Å². The Kier molecular flexibility index (Phi) is 3.12. The van der Waals surface area contributed by atoms with Crippen LogP contribution in [0.2, 0.25) is 0 Å². The minimum atomic E-state index is -0.502. The van der Waals surface area contributed by atoms with Gasteiger partial charge in [0, 0.05) is 17.8 Å². The lowest BCUT2D eigenvalue weighted by Crippen LogP contribution is -2.27. The molecule has 0 aliphatic carbocycles. The molecular weight excluding hydrogens is 270 g/mol. The Hall–Kier alpha value is -3.15. The SMILES string of the molecule is O=[N+]([O-])c1ccc2ccc[n+]([O-])c2c1Nc1ccccc1. The van der Waals surface area contributed by atoms with Crippen molar-refractivity contribution in [3.63, 3.8) is 0 Å². The molecular formula is C15H11N3O3. The van der Waals surface area contributed by atoms with Gasteiger partial charge in [0.2, 0.25) is 0 Å². The van der Waals surface area contributed by atoms with E-state index in [9.17, 15) is 15.3 Å². The van der Waals surface area contributed by atoms with Crippen LogP contribution in [0.3, 0.4) is 0 Å². The van der Waals surface area contributed by atoms with Gasteiger partial charge in [-0.05, 0) is 24.3 Å². The summed E-state index contributed by atoms with van der Waals surface area (Å²) in [7, 11) is 0. The summed E-state index contributed by atoms with van der Waals surface area (Å²) in [5, 5.41) is 26.9. The Morgan fingerprint density at radius 3 is 2.48 bits per heavy atom. The molecule has 0 spiro atoms. The number of nitro groups is 1. The van der Waals surface area contributed by atoms with Crippen molar-refractivity contribution < 1.29 is 9.65 Å². The van der Waals surface area contributed by atoms with E-state index in [2.05, 4.69) is 5.32 Å². The smallest absolute Gasteiger partial charge is 0.299 e. The molecule has 0 bridgehead atoms. The van der Waals surface area contributed by atoms with Gasteiger partial charge in [0.25, 0.3) is 11.2 Å². The van der Waals surface area contributed by atoms with Crippen LogP contribution in [0.4, 0.5) is 17.1 Å². The summed E-state index contributed by atoms with van der Waals surface area (Å²) in [6, 6.07) is 15.3. The van der Waals surface area contributed by atoms with Crippen molar-refractivity contribution in [1.29, 1.82) is 0 Å². The number of nitrogens with zero attached hydrogens (tertiary/aromatic N) is 2. The van der Waals surface area contributed by atoms with Crippen molar-refractivity contribution in [2.45, 2.75) is 0 Å². The molecule has 0 saturated carbocycles. The predicted octanol–water partition coefficient (Wildman–Crippen LogP) is 3.13. The number of para-hydroxylation sites is 1. The van der Waals surface area contributed by atoms with Gasteiger partial charge in [0.1, 0.15) is 0 Å². The molecule has 0 atom stereocenters. The van der Waals surface area contributed by atoms with Crippen molar-refractivity contribution >= 4 is 28.0 Å². The van der Waals surface area contributed by atoms with Gasteiger partial charge in [-0.3, -0.25) is 10.1 Å². The molecule has 0 unspecified atom stereocenters. The summed E-state index contributed by atoms with van der Waals surface area (Å²) >= 11 is 0. The Morgan fingerprint density at radius 2 is 1.76 bits per heavy atom. The quantitative estimate of drug-likeness (QED) is 0.346. The van der Waals surface area contributed by atoms with E-state index in [4.69, 9.17) is 0 Å². The number of nitrogens with one attached hydrogen (secondary N) is 1. The largest absolute Gasteiger partial charge is 0.618 e. The Labute approximate surface area is 120 Å². The zero-order chi connectivity index (χ0) is 14.8. The molecule has 6 heteroatoms. The number of fused-ring (bicyclic) bond motifs is 1. The van der Waals surface area contributed by atoms with Crippen LogP contribution < -0.4 is 10.0 Å². The van der Waals surface area contributed by atoms with Gasteiger partial charge in [-0.25, -0.2) is 0 Å². The lowest BCUT2D eigenvalue weighted by atomic mass is 10.1. The summed E-state index contributed by atoms with van der Waals surface area (Å²) < 4.78 is 0.633. The zero-order valence-electron chi connectivity index (χ0n) is 10.9. The van der Waals surface area contributed by atoms with Gasteiger partial charge in [-0.1, -0.05) is 18.2 Å². The van der Waals surface area contributed by atoms with Crippen molar-refractivity contribution in [1.82, 2.24) is 0 Å². The van der Waals surface area contributed by atoms with Crippen LogP contribution in [0, 0.1) is 15.3 Å². The Balaban J connectivity index is 2.26. The van der Waals surface area contributed by atoms with Gasteiger partial charge in [-0.2, -0.15) is 4.73 Å². The maximum absolute atomic E-state index is 12.0. The normalized spacial score (nSPS) is 10.5. The Bertz CT molecular complexity index is 819. The van der Waals surface area contributed by atoms with Crippen LogP contribution in [0.15, 0.2) is 60.8 Å². The summed E-state index contributed by atoms with van der Waals surface area (Å²) in [5.74, 6) is 0. The lowest BCUT2D eigenvalue weighted by molar-refractivity contribution is -0.576. The summed E-state index contributed by atoms with van der Waals surface area (Å²) in [5.41, 5.74) is 0.981. The van der Waals surface area contributed by atoms with E-state index >= 15 is 0 Å². The Morgan fingerprint density at radius 1 is 1.00 bits per heavy atom. The highest BCUT2D eigenvalue weighted by Gasteiger charge is 2.22. The number of hydrogen-bond donors (Lipinski definition) is 1. The molecule has 6 nitrogen and oxygen atoms in total. The number of rotatable bonds is 3. The second kappa shape index (κ2) is 5.09. The first-order chi connectivity index (χ1) is 10.2. The zero-order valence-corrected chi connectivity index (χ0v) is 10.9. The average Bonchev–Trinajstić information content (AvgIpc) is 2.48. The minimum Gasteiger partial charge on any atom is -0.618 e. The van der Waals surface area contributed by atoms with E-state index in [-0.39, 0.29) is 16.9 Å². The number of benzene rings is 2. The van der Waals surface area contributed by atoms with Crippen LogP contribution in [-0.2, 0) is 0 Å². The summed E-state index contributed by atoms with van der Waals surface area (Å²) in [4.78, 5) is 10.7. The molecule has 1 aromatic heterocycles. The molecule has 0 aliphatic rings. The maximum Gasteiger partial charge on any atom is 0.299 e. The van der Waals surface area contributed by atoms with E-state index in [0.29, 0.717) is 15.8 Å². The highest BCUT2D eigenvalue weighted by atomic mass is 16.6. The predicted molar refractivity (Wildman–Crippen MR) is 79.3 cm³/mol. The first-order valence-corrected chi connectivity index (χ1v) is 6.28. The lowest BCUT2D eigenvalue weighted by Gasteiger charge is -2.10. The molecule has 2 aromatic carbocycles. The molecule has 21 heavy (non-hydrogen) atoms. The molecule has 0 fully saturated rings. The van der Waals surface area contributed by atoms with Crippen LogP contribution in [-0.4, -0.2) is 4.92 Å². The fourth-order valence-corrected chi connectivity index (χ4v) is 2.21. The molecule has 3 aromatic rings. The molecule has 3 rings (SSSR count). The standard InChI is InChI=1S/C15H11N3O3/c19-17-10-4-5-11-8-9-13(18(20)21)14(15(11)17)16-12-6-2-1-3-7-12/h1-10,16H. The van der Waals surface area contributed by atoms with Gasteiger partial charge in [-0.15, -0.1) is 0 Å². The number of anilines is 2. The summed E-state index contributed by atoms with van der Waals surface area (Å²) in [6.45, 7) is 0. The van der Waals surface area contributed by atoms with Crippen LogP contribution in [0.5, 0.6) is 0 Å². The second-order valence-electron chi connectivity index (χ2n) is 4.48. The maximum atomic E-state index is 12.0. The molecule has 0 amide bonds. The molecule has 0 aliphatic heterocycles. The highest BCUT2D eigenvalue weighted by molar-refractivity contribution is 5.95. The van der Waals surface area contributed by atoms with Crippen molar-refractivity contribution in [3.05, 3.63) is 76.1 Å². The topological polar surface area (TPSA) is 82.1 Å². The monoisotopic (exact) mass is 281 g/mol. The van der Waals surface area contributed by atoms with Gasteiger partial charge < -0.3 is 10.5 Å². The molecule has 1 N–H and O–H groups in total. The van der Waals surface area contributed by atoms with Gasteiger partial charge in [0.05, 0.1) is 10.3 Å². The van der Waals surface area contributed by atoms with Crippen LogP contribution in [0.1, 0.15) is 0 Å². The molecule has 104 valence electrons.